The fraction of sp³-hybridized carbons (Fsp3) is 0.0769. The molecule has 0 amide bonds. The van der Waals surface area contributed by atoms with Crippen molar-refractivity contribution in [1.29, 1.82) is 0 Å². The number of benzene rings is 4. The van der Waals surface area contributed by atoms with Gasteiger partial charge < -0.3 is 5.11 Å². The third-order valence-corrected chi connectivity index (χ3v) is 6.29. The number of phenols is 1. The van der Waals surface area contributed by atoms with Crippen LogP contribution in [0.3, 0.4) is 0 Å². The highest BCUT2D eigenvalue weighted by molar-refractivity contribution is 9.10. The summed E-state index contributed by atoms with van der Waals surface area (Å²) in [6, 6.07) is 31.7. The molecule has 0 saturated heterocycles. The summed E-state index contributed by atoms with van der Waals surface area (Å²) in [5.41, 5.74) is 8.26. The predicted octanol–water partition coefficient (Wildman–Crippen LogP) is 6.83. The highest BCUT2D eigenvalue weighted by atomic mass is 79.9. The predicted molar refractivity (Wildman–Crippen MR) is 118 cm³/mol. The summed E-state index contributed by atoms with van der Waals surface area (Å²) >= 11 is 3.69. The van der Waals surface area contributed by atoms with E-state index >= 15 is 0 Å². The maximum atomic E-state index is 9.92. The van der Waals surface area contributed by atoms with Gasteiger partial charge in [0.25, 0.3) is 0 Å². The Morgan fingerprint density at radius 2 is 1.29 bits per heavy atom. The second-order valence-electron chi connectivity index (χ2n) is 7.40. The Hall–Kier alpha value is -2.84. The Bertz CT molecular complexity index is 1130. The smallest absolute Gasteiger partial charge is 0.115 e. The Morgan fingerprint density at radius 1 is 0.679 bits per heavy atom. The quantitative estimate of drug-likeness (QED) is 0.328. The van der Waals surface area contributed by atoms with Crippen LogP contribution >= 0.6 is 15.9 Å². The van der Waals surface area contributed by atoms with Gasteiger partial charge in [-0.25, -0.2) is 0 Å². The van der Waals surface area contributed by atoms with E-state index in [9.17, 15) is 5.11 Å². The molecule has 0 bridgehead atoms. The summed E-state index contributed by atoms with van der Waals surface area (Å²) < 4.78 is 1.06. The van der Waals surface area contributed by atoms with Crippen LogP contribution in [0.2, 0.25) is 0 Å². The summed E-state index contributed by atoms with van der Waals surface area (Å²) in [5, 5.41) is 9.92. The Morgan fingerprint density at radius 3 is 2.00 bits per heavy atom. The Labute approximate surface area is 173 Å². The highest BCUT2D eigenvalue weighted by Crippen LogP contribution is 2.56. The zero-order valence-corrected chi connectivity index (χ0v) is 17.1. The maximum Gasteiger partial charge on any atom is 0.115 e. The average molecular weight is 427 g/mol. The van der Waals surface area contributed by atoms with Gasteiger partial charge in [-0.3, -0.25) is 0 Å². The molecule has 2 heteroatoms. The fourth-order valence-electron chi connectivity index (χ4n) is 4.56. The van der Waals surface area contributed by atoms with Crippen molar-refractivity contribution in [3.8, 4) is 16.9 Å². The molecule has 0 aliphatic heterocycles. The third-order valence-electron chi connectivity index (χ3n) is 5.79. The topological polar surface area (TPSA) is 20.2 Å². The van der Waals surface area contributed by atoms with Crippen LogP contribution in [0.4, 0.5) is 0 Å². The second kappa shape index (κ2) is 6.35. The van der Waals surface area contributed by atoms with Crippen molar-refractivity contribution in [2.24, 2.45) is 0 Å². The number of aryl methyl sites for hydroxylation is 1. The van der Waals surface area contributed by atoms with E-state index in [1.54, 1.807) is 12.1 Å². The molecule has 1 unspecified atom stereocenters. The van der Waals surface area contributed by atoms with Crippen molar-refractivity contribution in [1.82, 2.24) is 0 Å². The van der Waals surface area contributed by atoms with Crippen LogP contribution in [0.1, 0.15) is 27.8 Å². The molecule has 1 nitrogen and oxygen atoms in total. The lowest BCUT2D eigenvalue weighted by Crippen LogP contribution is -2.28. The normalized spacial score (nSPS) is 17.2. The zero-order chi connectivity index (χ0) is 19.3. The molecule has 28 heavy (non-hydrogen) atoms. The summed E-state index contributed by atoms with van der Waals surface area (Å²) in [6.45, 7) is 2.12. The van der Waals surface area contributed by atoms with Crippen LogP contribution in [-0.4, -0.2) is 5.11 Å². The highest BCUT2D eigenvalue weighted by Gasteiger charge is 2.46. The molecule has 1 atom stereocenters. The van der Waals surface area contributed by atoms with E-state index in [1.807, 2.05) is 12.1 Å². The largest absolute Gasteiger partial charge is 0.508 e. The SMILES string of the molecule is Cc1ccc(C2(c3ccc(O)cc3)c3ccccc3-c3ccc(Br)cc32)cc1. The van der Waals surface area contributed by atoms with E-state index in [1.165, 1.54) is 33.4 Å². The van der Waals surface area contributed by atoms with Crippen LogP contribution in [0.5, 0.6) is 5.75 Å². The first-order chi connectivity index (χ1) is 13.6. The maximum absolute atomic E-state index is 9.92. The molecule has 4 aromatic carbocycles. The van der Waals surface area contributed by atoms with Gasteiger partial charge in [-0.1, -0.05) is 88.2 Å². The molecule has 0 fully saturated rings. The van der Waals surface area contributed by atoms with E-state index in [-0.39, 0.29) is 5.75 Å². The van der Waals surface area contributed by atoms with Crippen molar-refractivity contribution in [2.45, 2.75) is 12.3 Å². The molecule has 0 spiro atoms. The molecular weight excluding hydrogens is 408 g/mol. The van der Waals surface area contributed by atoms with Gasteiger partial charge in [-0.2, -0.15) is 0 Å². The summed E-state index contributed by atoms with van der Waals surface area (Å²) in [6.07, 6.45) is 0. The van der Waals surface area contributed by atoms with Gasteiger partial charge in [0, 0.05) is 4.47 Å². The summed E-state index contributed by atoms with van der Waals surface area (Å²) in [5.74, 6) is 0.281. The van der Waals surface area contributed by atoms with E-state index in [0.717, 1.165) is 10.0 Å². The van der Waals surface area contributed by atoms with Crippen LogP contribution in [0.25, 0.3) is 11.1 Å². The van der Waals surface area contributed by atoms with Crippen molar-refractivity contribution < 1.29 is 5.11 Å². The van der Waals surface area contributed by atoms with Gasteiger partial charge in [0.15, 0.2) is 0 Å². The lowest BCUT2D eigenvalue weighted by Gasteiger charge is -2.34. The summed E-state index contributed by atoms with van der Waals surface area (Å²) in [4.78, 5) is 0. The lowest BCUT2D eigenvalue weighted by atomic mass is 9.67. The number of rotatable bonds is 2. The van der Waals surface area contributed by atoms with Crippen molar-refractivity contribution in [2.75, 3.05) is 0 Å². The molecule has 4 aromatic rings. The third kappa shape index (κ3) is 2.38. The molecule has 0 aromatic heterocycles. The first-order valence-corrected chi connectivity index (χ1v) is 10.2. The Balaban J connectivity index is 1.96. The molecule has 0 saturated carbocycles. The monoisotopic (exact) mass is 426 g/mol. The minimum atomic E-state index is -0.420. The second-order valence-corrected chi connectivity index (χ2v) is 8.31. The fourth-order valence-corrected chi connectivity index (χ4v) is 4.92. The van der Waals surface area contributed by atoms with Crippen molar-refractivity contribution in [3.05, 3.63) is 123 Å². The van der Waals surface area contributed by atoms with Gasteiger partial charge in [0.05, 0.1) is 5.41 Å². The molecule has 136 valence electrons. The molecule has 1 aliphatic rings. The zero-order valence-electron chi connectivity index (χ0n) is 15.5. The van der Waals surface area contributed by atoms with Crippen LogP contribution in [0, 0.1) is 6.92 Å². The van der Waals surface area contributed by atoms with Gasteiger partial charge in [0.1, 0.15) is 5.75 Å². The minimum absolute atomic E-state index is 0.281. The lowest BCUT2D eigenvalue weighted by molar-refractivity contribution is 0.475. The molecule has 1 aliphatic carbocycles. The van der Waals surface area contributed by atoms with E-state index in [4.69, 9.17) is 0 Å². The molecular formula is C26H19BrO. The first kappa shape index (κ1) is 17.3. The molecule has 1 N–H and O–H groups in total. The number of fused-ring (bicyclic) bond motifs is 3. The number of hydrogen-bond donors (Lipinski definition) is 1. The van der Waals surface area contributed by atoms with E-state index in [2.05, 4.69) is 89.6 Å². The van der Waals surface area contributed by atoms with Crippen molar-refractivity contribution >= 4 is 15.9 Å². The minimum Gasteiger partial charge on any atom is -0.508 e. The standard InChI is InChI=1S/C26H19BrO/c1-17-6-8-18(9-7-17)26(19-10-13-21(28)14-11-19)24-5-3-2-4-22(24)23-15-12-20(27)16-25(23)26/h2-16,28H,1H3. The number of hydrogen-bond acceptors (Lipinski definition) is 1. The number of phenolic OH excluding ortho intramolecular Hbond substituents is 1. The summed E-state index contributed by atoms with van der Waals surface area (Å²) in [7, 11) is 0. The van der Waals surface area contributed by atoms with Crippen LogP contribution < -0.4 is 0 Å². The van der Waals surface area contributed by atoms with Gasteiger partial charge >= 0.3 is 0 Å². The van der Waals surface area contributed by atoms with Gasteiger partial charge in [-0.15, -0.1) is 0 Å². The van der Waals surface area contributed by atoms with E-state index < -0.39 is 5.41 Å². The van der Waals surface area contributed by atoms with Crippen LogP contribution in [0.15, 0.2) is 95.5 Å². The number of aromatic hydroxyl groups is 1. The van der Waals surface area contributed by atoms with Crippen LogP contribution in [-0.2, 0) is 5.41 Å². The van der Waals surface area contributed by atoms with Crippen molar-refractivity contribution in [3.63, 3.8) is 0 Å². The molecule has 0 radical (unpaired) electrons. The van der Waals surface area contributed by atoms with E-state index in [0.29, 0.717) is 0 Å². The van der Waals surface area contributed by atoms with Gasteiger partial charge in [-0.05, 0) is 64.6 Å². The molecule has 0 heterocycles. The average Bonchev–Trinajstić information content (AvgIpc) is 3.00. The van der Waals surface area contributed by atoms with Gasteiger partial charge in [0.2, 0.25) is 0 Å². The molecule has 5 rings (SSSR count). The Kier molecular flexibility index (Phi) is 3.92. The number of halogens is 1. The first-order valence-electron chi connectivity index (χ1n) is 9.37.